The van der Waals surface area contributed by atoms with Crippen LogP contribution in [0.5, 0.6) is 5.75 Å². The third-order valence-electron chi connectivity index (χ3n) is 1.92. The van der Waals surface area contributed by atoms with Gasteiger partial charge in [-0.1, -0.05) is 15.9 Å². The summed E-state index contributed by atoms with van der Waals surface area (Å²) in [4.78, 5) is 4.04. The molecule has 15 heavy (non-hydrogen) atoms. The van der Waals surface area contributed by atoms with E-state index >= 15 is 0 Å². The fraction of sp³-hybridized carbons (Fsp3) is 0.111. The number of ether oxygens (including phenoxy) is 1. The molecule has 2 rings (SSSR count). The summed E-state index contributed by atoms with van der Waals surface area (Å²) >= 11 is 3.36. The highest BCUT2D eigenvalue weighted by Crippen LogP contribution is 2.30. The van der Waals surface area contributed by atoms with Gasteiger partial charge in [-0.25, -0.2) is 0 Å². The zero-order valence-electron chi connectivity index (χ0n) is 7.99. The summed E-state index contributed by atoms with van der Waals surface area (Å²) in [6, 6.07) is 5.63. The van der Waals surface area contributed by atoms with E-state index in [0.29, 0.717) is 11.6 Å². The van der Waals surface area contributed by atoms with Crippen molar-refractivity contribution < 1.29 is 4.74 Å². The van der Waals surface area contributed by atoms with Crippen LogP contribution in [0.2, 0.25) is 0 Å². The van der Waals surface area contributed by atoms with Crippen LogP contribution in [0.15, 0.2) is 22.7 Å². The van der Waals surface area contributed by atoms with Crippen molar-refractivity contribution in [3.8, 4) is 17.1 Å². The molecule has 6 heteroatoms. The molecule has 2 aromatic rings. The fourth-order valence-electron chi connectivity index (χ4n) is 1.26. The maximum Gasteiger partial charge on any atom is 0.239 e. The van der Waals surface area contributed by atoms with Crippen molar-refractivity contribution in [3.63, 3.8) is 0 Å². The second-order valence-electron chi connectivity index (χ2n) is 2.89. The zero-order chi connectivity index (χ0) is 10.8. The van der Waals surface area contributed by atoms with Gasteiger partial charge < -0.3 is 10.5 Å². The highest BCUT2D eigenvalue weighted by molar-refractivity contribution is 9.10. The summed E-state index contributed by atoms with van der Waals surface area (Å²) in [7, 11) is 1.60. The second kappa shape index (κ2) is 3.90. The molecule has 78 valence electrons. The van der Waals surface area contributed by atoms with Crippen LogP contribution in [-0.4, -0.2) is 22.3 Å². The molecule has 0 amide bonds. The first-order valence-electron chi connectivity index (χ1n) is 4.22. The lowest BCUT2D eigenvalue weighted by atomic mass is 10.2. The molecule has 0 atom stereocenters. The van der Waals surface area contributed by atoms with Crippen LogP contribution >= 0.6 is 15.9 Å². The van der Waals surface area contributed by atoms with Gasteiger partial charge in [-0.15, -0.1) is 5.10 Å². The molecule has 0 bridgehead atoms. The van der Waals surface area contributed by atoms with Crippen LogP contribution in [0.3, 0.4) is 0 Å². The molecule has 0 unspecified atom stereocenters. The Labute approximate surface area is 94.8 Å². The van der Waals surface area contributed by atoms with Gasteiger partial charge in [-0.05, 0) is 18.2 Å². The Morgan fingerprint density at radius 3 is 2.87 bits per heavy atom. The van der Waals surface area contributed by atoms with E-state index in [1.807, 2.05) is 18.2 Å². The Kier molecular flexibility index (Phi) is 2.59. The smallest absolute Gasteiger partial charge is 0.239 e. The number of anilines is 1. The van der Waals surface area contributed by atoms with Crippen LogP contribution in [0, 0.1) is 0 Å². The molecule has 0 aliphatic rings. The monoisotopic (exact) mass is 268 g/mol. The summed E-state index contributed by atoms with van der Waals surface area (Å²) in [5, 5.41) is 6.50. The SMILES string of the molecule is COc1cc(Br)ccc1-c1nc(N)n[nH]1. The van der Waals surface area contributed by atoms with Gasteiger partial charge in [-0.2, -0.15) is 4.98 Å². The van der Waals surface area contributed by atoms with Crippen molar-refractivity contribution in [2.24, 2.45) is 0 Å². The normalized spacial score (nSPS) is 10.3. The highest BCUT2D eigenvalue weighted by Gasteiger charge is 2.09. The van der Waals surface area contributed by atoms with Crippen molar-refractivity contribution in [2.45, 2.75) is 0 Å². The Hall–Kier alpha value is -1.56. The van der Waals surface area contributed by atoms with Crippen LogP contribution in [-0.2, 0) is 0 Å². The Morgan fingerprint density at radius 2 is 2.27 bits per heavy atom. The van der Waals surface area contributed by atoms with Gasteiger partial charge >= 0.3 is 0 Å². The minimum atomic E-state index is 0.218. The molecular weight excluding hydrogens is 260 g/mol. The van der Waals surface area contributed by atoms with Crippen LogP contribution < -0.4 is 10.5 Å². The van der Waals surface area contributed by atoms with Gasteiger partial charge in [0.15, 0.2) is 5.82 Å². The molecule has 3 N–H and O–H groups in total. The molecule has 1 heterocycles. The predicted octanol–water partition coefficient (Wildman–Crippen LogP) is 1.82. The van der Waals surface area contributed by atoms with Gasteiger partial charge in [0.2, 0.25) is 5.95 Å². The van der Waals surface area contributed by atoms with E-state index in [4.69, 9.17) is 10.5 Å². The average molecular weight is 269 g/mol. The van der Waals surface area contributed by atoms with E-state index in [-0.39, 0.29) is 5.95 Å². The zero-order valence-corrected chi connectivity index (χ0v) is 9.58. The lowest BCUT2D eigenvalue weighted by Gasteiger charge is -2.05. The topological polar surface area (TPSA) is 76.8 Å². The summed E-state index contributed by atoms with van der Waals surface area (Å²) in [5.74, 6) is 1.52. The van der Waals surface area contributed by atoms with E-state index in [0.717, 1.165) is 10.0 Å². The number of halogens is 1. The van der Waals surface area contributed by atoms with Crippen LogP contribution in [0.1, 0.15) is 0 Å². The van der Waals surface area contributed by atoms with E-state index in [1.165, 1.54) is 0 Å². The predicted molar refractivity (Wildman–Crippen MR) is 60.5 cm³/mol. The molecule has 5 nitrogen and oxygen atoms in total. The lowest BCUT2D eigenvalue weighted by Crippen LogP contribution is -1.90. The number of hydrogen-bond donors (Lipinski definition) is 2. The molecule has 0 saturated carbocycles. The van der Waals surface area contributed by atoms with Crippen molar-refractivity contribution in [3.05, 3.63) is 22.7 Å². The summed E-state index contributed by atoms with van der Waals surface area (Å²) in [6.07, 6.45) is 0. The first kappa shape index (κ1) is 9.97. The molecule has 0 aliphatic heterocycles. The summed E-state index contributed by atoms with van der Waals surface area (Å²) in [5.41, 5.74) is 6.26. The summed E-state index contributed by atoms with van der Waals surface area (Å²) in [6.45, 7) is 0. The van der Waals surface area contributed by atoms with Crippen LogP contribution in [0.25, 0.3) is 11.4 Å². The van der Waals surface area contributed by atoms with Gasteiger partial charge in [0.05, 0.1) is 12.7 Å². The number of aromatic nitrogens is 3. The number of nitrogen functional groups attached to an aromatic ring is 1. The van der Waals surface area contributed by atoms with Gasteiger partial charge in [0.25, 0.3) is 0 Å². The van der Waals surface area contributed by atoms with Gasteiger partial charge in [0.1, 0.15) is 5.75 Å². The third-order valence-corrected chi connectivity index (χ3v) is 2.41. The Bertz CT molecular complexity index is 483. The first-order chi connectivity index (χ1) is 7.20. The van der Waals surface area contributed by atoms with Crippen LogP contribution in [0.4, 0.5) is 5.95 Å². The van der Waals surface area contributed by atoms with E-state index in [2.05, 4.69) is 31.1 Å². The molecule has 0 aliphatic carbocycles. The summed E-state index contributed by atoms with van der Waals surface area (Å²) < 4.78 is 6.17. The number of benzene rings is 1. The number of H-pyrrole nitrogens is 1. The molecule has 0 fully saturated rings. The third kappa shape index (κ3) is 1.94. The molecule has 0 saturated heterocycles. The lowest BCUT2D eigenvalue weighted by molar-refractivity contribution is 0.416. The number of hydrogen-bond acceptors (Lipinski definition) is 4. The number of rotatable bonds is 2. The Morgan fingerprint density at radius 1 is 1.47 bits per heavy atom. The quantitative estimate of drug-likeness (QED) is 0.871. The number of nitrogens with one attached hydrogen (secondary N) is 1. The molecule has 1 aromatic heterocycles. The first-order valence-corrected chi connectivity index (χ1v) is 5.02. The average Bonchev–Trinajstić information content (AvgIpc) is 2.64. The Balaban J connectivity index is 2.52. The molecule has 0 radical (unpaired) electrons. The van der Waals surface area contributed by atoms with Gasteiger partial charge in [0, 0.05) is 4.47 Å². The van der Waals surface area contributed by atoms with E-state index in [9.17, 15) is 0 Å². The number of nitrogens with zero attached hydrogens (tertiary/aromatic N) is 2. The largest absolute Gasteiger partial charge is 0.496 e. The van der Waals surface area contributed by atoms with Crippen molar-refractivity contribution in [2.75, 3.05) is 12.8 Å². The molecule has 0 spiro atoms. The maximum atomic E-state index is 5.43. The van der Waals surface area contributed by atoms with E-state index < -0.39 is 0 Å². The number of methoxy groups -OCH3 is 1. The standard InChI is InChI=1S/C9H9BrN4O/c1-15-7-4-5(10)2-3-6(7)8-12-9(11)14-13-8/h2-4H,1H3,(H3,11,12,13,14). The van der Waals surface area contributed by atoms with Gasteiger partial charge in [-0.3, -0.25) is 5.10 Å². The van der Waals surface area contributed by atoms with Crippen molar-refractivity contribution in [1.82, 2.24) is 15.2 Å². The number of nitrogens with two attached hydrogens (primary N) is 1. The second-order valence-corrected chi connectivity index (χ2v) is 3.80. The highest BCUT2D eigenvalue weighted by atomic mass is 79.9. The van der Waals surface area contributed by atoms with Crippen molar-refractivity contribution in [1.29, 1.82) is 0 Å². The minimum absolute atomic E-state index is 0.218. The van der Waals surface area contributed by atoms with Crippen molar-refractivity contribution >= 4 is 21.9 Å². The molecule has 1 aromatic carbocycles. The van der Waals surface area contributed by atoms with E-state index in [1.54, 1.807) is 7.11 Å². The number of aromatic amines is 1. The maximum absolute atomic E-state index is 5.43. The fourth-order valence-corrected chi connectivity index (χ4v) is 1.60. The molecular formula is C9H9BrN4O. The minimum Gasteiger partial charge on any atom is -0.496 e.